The van der Waals surface area contributed by atoms with Crippen molar-refractivity contribution in [2.75, 3.05) is 0 Å². The van der Waals surface area contributed by atoms with E-state index in [1.165, 1.54) is 11.3 Å². The van der Waals surface area contributed by atoms with Gasteiger partial charge in [-0.05, 0) is 37.8 Å². The van der Waals surface area contributed by atoms with Crippen LogP contribution in [-0.4, -0.2) is 14.5 Å². The average Bonchev–Trinajstić information content (AvgIpc) is 2.73. The summed E-state index contributed by atoms with van der Waals surface area (Å²) >= 11 is 4.91. The molecule has 19 heavy (non-hydrogen) atoms. The smallest absolute Gasteiger partial charge is 0.109 e. The molecule has 0 spiro atoms. The van der Waals surface area contributed by atoms with E-state index in [2.05, 4.69) is 29.7 Å². The van der Waals surface area contributed by atoms with E-state index in [9.17, 15) is 0 Å². The maximum Gasteiger partial charge on any atom is 0.109 e. The Morgan fingerprint density at radius 3 is 2.84 bits per heavy atom. The summed E-state index contributed by atoms with van der Waals surface area (Å²) in [6.45, 7) is 3.19. The molecule has 2 aromatic rings. The molecule has 0 atom stereocenters. The van der Waals surface area contributed by atoms with Crippen LogP contribution in [0.4, 0.5) is 0 Å². The summed E-state index contributed by atoms with van der Waals surface area (Å²) in [5.41, 5.74) is 7.87. The Hall–Kier alpha value is -1.42. The lowest BCUT2D eigenvalue weighted by atomic mass is 10.2. The maximum absolute atomic E-state index is 5.53. The molecule has 4 heteroatoms. The number of nitrogens with zero attached hydrogens (tertiary/aromatic N) is 2. The Labute approximate surface area is 119 Å². The number of nitrogens with two attached hydrogens (primary N) is 1. The van der Waals surface area contributed by atoms with Crippen molar-refractivity contribution in [1.82, 2.24) is 9.55 Å². The van der Waals surface area contributed by atoms with Crippen LogP contribution in [-0.2, 0) is 13.0 Å². The normalized spacial score (nSPS) is 11.0. The molecule has 2 rings (SSSR count). The van der Waals surface area contributed by atoms with Crippen molar-refractivity contribution in [1.29, 1.82) is 0 Å². The van der Waals surface area contributed by atoms with Gasteiger partial charge >= 0.3 is 0 Å². The summed E-state index contributed by atoms with van der Waals surface area (Å²) in [5.74, 6) is 1.19. The van der Waals surface area contributed by atoms with Crippen LogP contribution in [0.2, 0.25) is 0 Å². The first-order valence-corrected chi connectivity index (χ1v) is 7.35. The van der Waals surface area contributed by atoms with Crippen molar-refractivity contribution in [2.45, 2.75) is 45.6 Å². The van der Waals surface area contributed by atoms with Crippen LogP contribution in [0.3, 0.4) is 0 Å². The highest BCUT2D eigenvalue weighted by Crippen LogP contribution is 2.18. The number of unbranched alkanes of at least 4 members (excludes halogenated alkanes) is 1. The molecule has 0 fully saturated rings. The van der Waals surface area contributed by atoms with Crippen molar-refractivity contribution < 1.29 is 0 Å². The summed E-state index contributed by atoms with van der Waals surface area (Å²) in [5, 5.41) is 0. The Bertz CT molecular complexity index is 560. The zero-order valence-corrected chi connectivity index (χ0v) is 12.2. The third-order valence-electron chi connectivity index (χ3n) is 3.26. The van der Waals surface area contributed by atoms with Crippen LogP contribution in [0, 0.1) is 0 Å². The molecule has 0 aliphatic rings. The van der Waals surface area contributed by atoms with Crippen molar-refractivity contribution in [3.8, 4) is 0 Å². The molecule has 3 nitrogen and oxygen atoms in total. The molecule has 102 valence electrons. The first kappa shape index (κ1) is 14.0. The lowest BCUT2D eigenvalue weighted by Gasteiger charge is -2.08. The molecule has 0 saturated carbocycles. The van der Waals surface area contributed by atoms with E-state index in [-0.39, 0.29) is 0 Å². The topological polar surface area (TPSA) is 43.8 Å². The van der Waals surface area contributed by atoms with E-state index < -0.39 is 0 Å². The Morgan fingerprint density at radius 1 is 1.32 bits per heavy atom. The standard InChI is InChI=1S/C15H21N3S/c1-2-7-15-17-12-8-3-4-9-13(12)18(15)11-6-5-10-14(16)19/h3-4,8-9H,2,5-7,10-11H2,1H3,(H2,16,19). The van der Waals surface area contributed by atoms with Gasteiger partial charge < -0.3 is 10.3 Å². The van der Waals surface area contributed by atoms with Gasteiger partial charge in [0.1, 0.15) is 5.82 Å². The molecule has 0 unspecified atom stereocenters. The zero-order chi connectivity index (χ0) is 13.7. The third kappa shape index (κ3) is 3.53. The minimum absolute atomic E-state index is 0.615. The number of fused-ring (bicyclic) bond motifs is 1. The average molecular weight is 275 g/mol. The van der Waals surface area contributed by atoms with Gasteiger partial charge in [-0.3, -0.25) is 0 Å². The second-order valence-corrected chi connectivity index (χ2v) is 5.37. The number of benzene rings is 1. The number of thiocarbonyl (C=S) groups is 1. The Kier molecular flexibility index (Phi) is 4.91. The number of para-hydroxylation sites is 2. The third-order valence-corrected chi connectivity index (χ3v) is 3.47. The molecule has 0 amide bonds. The second kappa shape index (κ2) is 6.66. The summed E-state index contributed by atoms with van der Waals surface area (Å²) in [6, 6.07) is 8.35. The highest BCUT2D eigenvalue weighted by Gasteiger charge is 2.08. The molecule has 1 aromatic heterocycles. The Balaban J connectivity index is 2.14. The second-order valence-electron chi connectivity index (χ2n) is 4.84. The van der Waals surface area contributed by atoms with Crippen LogP contribution in [0.1, 0.15) is 38.4 Å². The lowest BCUT2D eigenvalue weighted by Crippen LogP contribution is -2.08. The molecule has 0 radical (unpaired) electrons. The minimum atomic E-state index is 0.615. The molecule has 0 aliphatic carbocycles. The van der Waals surface area contributed by atoms with E-state index in [4.69, 9.17) is 22.9 Å². The van der Waals surface area contributed by atoms with Gasteiger partial charge in [0.2, 0.25) is 0 Å². The van der Waals surface area contributed by atoms with Gasteiger partial charge in [0, 0.05) is 13.0 Å². The van der Waals surface area contributed by atoms with E-state index in [1.54, 1.807) is 0 Å². The molecule has 0 bridgehead atoms. The van der Waals surface area contributed by atoms with E-state index in [1.807, 2.05) is 6.07 Å². The van der Waals surface area contributed by atoms with Crippen molar-refractivity contribution in [3.05, 3.63) is 30.1 Å². The molecule has 1 heterocycles. The number of aromatic nitrogens is 2. The van der Waals surface area contributed by atoms with Gasteiger partial charge in [-0.25, -0.2) is 4.98 Å². The number of hydrogen-bond acceptors (Lipinski definition) is 2. The Morgan fingerprint density at radius 2 is 2.11 bits per heavy atom. The predicted octanol–water partition coefficient (Wildman–Crippen LogP) is 3.45. The highest BCUT2D eigenvalue weighted by atomic mass is 32.1. The van der Waals surface area contributed by atoms with Gasteiger partial charge in [-0.1, -0.05) is 31.3 Å². The lowest BCUT2D eigenvalue weighted by molar-refractivity contribution is 0.602. The van der Waals surface area contributed by atoms with Gasteiger partial charge in [-0.2, -0.15) is 0 Å². The maximum atomic E-state index is 5.53. The summed E-state index contributed by atoms with van der Waals surface area (Å²) in [7, 11) is 0. The zero-order valence-electron chi connectivity index (χ0n) is 11.4. The fourth-order valence-electron chi connectivity index (χ4n) is 2.36. The number of imidazole rings is 1. The van der Waals surface area contributed by atoms with Gasteiger partial charge in [0.05, 0.1) is 16.0 Å². The largest absolute Gasteiger partial charge is 0.393 e. The molecule has 2 N–H and O–H groups in total. The van der Waals surface area contributed by atoms with Gasteiger partial charge in [-0.15, -0.1) is 0 Å². The quantitative estimate of drug-likeness (QED) is 0.622. The first-order chi connectivity index (χ1) is 9.22. The molecule has 1 aromatic carbocycles. The minimum Gasteiger partial charge on any atom is -0.393 e. The summed E-state index contributed by atoms with van der Waals surface area (Å²) in [6.07, 6.45) is 5.13. The van der Waals surface area contributed by atoms with Crippen LogP contribution in [0.25, 0.3) is 11.0 Å². The van der Waals surface area contributed by atoms with Gasteiger partial charge in [0.25, 0.3) is 0 Å². The predicted molar refractivity (Wildman–Crippen MR) is 84.4 cm³/mol. The molecule has 0 saturated heterocycles. The van der Waals surface area contributed by atoms with Crippen LogP contribution in [0.5, 0.6) is 0 Å². The fraction of sp³-hybridized carbons (Fsp3) is 0.467. The number of hydrogen-bond donors (Lipinski definition) is 1. The van der Waals surface area contributed by atoms with Gasteiger partial charge in [0.15, 0.2) is 0 Å². The van der Waals surface area contributed by atoms with E-state index in [0.29, 0.717) is 4.99 Å². The summed E-state index contributed by atoms with van der Waals surface area (Å²) < 4.78 is 2.35. The first-order valence-electron chi connectivity index (χ1n) is 6.95. The monoisotopic (exact) mass is 275 g/mol. The summed E-state index contributed by atoms with van der Waals surface area (Å²) in [4.78, 5) is 5.34. The van der Waals surface area contributed by atoms with Crippen molar-refractivity contribution >= 4 is 28.2 Å². The number of rotatable bonds is 7. The van der Waals surface area contributed by atoms with Crippen molar-refractivity contribution in [2.24, 2.45) is 5.73 Å². The van der Waals surface area contributed by atoms with E-state index in [0.717, 1.165) is 44.2 Å². The van der Waals surface area contributed by atoms with Crippen LogP contribution < -0.4 is 5.73 Å². The molecular weight excluding hydrogens is 254 g/mol. The van der Waals surface area contributed by atoms with Crippen LogP contribution in [0.15, 0.2) is 24.3 Å². The van der Waals surface area contributed by atoms with Crippen molar-refractivity contribution in [3.63, 3.8) is 0 Å². The fourth-order valence-corrected chi connectivity index (χ4v) is 2.50. The van der Waals surface area contributed by atoms with E-state index >= 15 is 0 Å². The molecule has 0 aliphatic heterocycles. The SMILES string of the molecule is CCCc1nc2ccccc2n1CCCCC(N)=S. The molecular formula is C15H21N3S. The number of aryl methyl sites for hydroxylation is 2. The van der Waals surface area contributed by atoms with Crippen LogP contribution >= 0.6 is 12.2 Å². The highest BCUT2D eigenvalue weighted by molar-refractivity contribution is 7.80.